The van der Waals surface area contributed by atoms with Crippen LogP contribution in [0.2, 0.25) is 0 Å². The molecule has 22 heavy (non-hydrogen) atoms. The summed E-state index contributed by atoms with van der Waals surface area (Å²) >= 11 is 0. The SMILES string of the molecule is O=C(O)c1ccnc(-c2cn(CCC3CCCCC3)cn2)c1. The lowest BCUT2D eigenvalue weighted by atomic mass is 9.87. The number of hydrogen-bond donors (Lipinski definition) is 1. The average molecular weight is 299 g/mol. The molecule has 5 heteroatoms. The van der Waals surface area contributed by atoms with E-state index in [4.69, 9.17) is 5.11 Å². The summed E-state index contributed by atoms with van der Waals surface area (Å²) in [6, 6.07) is 3.06. The Balaban J connectivity index is 1.65. The van der Waals surface area contributed by atoms with Crippen molar-refractivity contribution in [3.05, 3.63) is 36.4 Å². The van der Waals surface area contributed by atoms with E-state index in [1.54, 1.807) is 6.07 Å². The molecule has 0 amide bonds. The van der Waals surface area contributed by atoms with E-state index in [-0.39, 0.29) is 5.56 Å². The van der Waals surface area contributed by atoms with Crippen LogP contribution in [0.4, 0.5) is 0 Å². The number of hydrogen-bond acceptors (Lipinski definition) is 3. The van der Waals surface area contributed by atoms with Crippen LogP contribution in [-0.2, 0) is 6.54 Å². The first-order chi connectivity index (χ1) is 10.7. The lowest BCUT2D eigenvalue weighted by Crippen LogP contribution is -2.09. The molecule has 1 N–H and O–H groups in total. The summed E-state index contributed by atoms with van der Waals surface area (Å²) in [6.07, 6.45) is 13.3. The molecule has 3 rings (SSSR count). The molecule has 0 atom stereocenters. The topological polar surface area (TPSA) is 68.0 Å². The molecule has 1 fully saturated rings. The molecule has 2 aromatic rings. The molecule has 0 unspecified atom stereocenters. The fourth-order valence-electron chi connectivity index (χ4n) is 3.13. The van der Waals surface area contributed by atoms with Gasteiger partial charge in [-0.15, -0.1) is 0 Å². The Hall–Kier alpha value is -2.17. The molecule has 2 heterocycles. The lowest BCUT2D eigenvalue weighted by molar-refractivity contribution is 0.0697. The summed E-state index contributed by atoms with van der Waals surface area (Å²) in [7, 11) is 0. The van der Waals surface area contributed by atoms with Gasteiger partial charge in [0, 0.05) is 18.9 Å². The fourth-order valence-corrected chi connectivity index (χ4v) is 3.13. The monoisotopic (exact) mass is 299 g/mol. The van der Waals surface area contributed by atoms with E-state index < -0.39 is 5.97 Å². The molecule has 0 aliphatic heterocycles. The van der Waals surface area contributed by atoms with Gasteiger partial charge in [-0.3, -0.25) is 4.98 Å². The van der Waals surface area contributed by atoms with E-state index >= 15 is 0 Å². The predicted octanol–water partition coefficient (Wildman–Crippen LogP) is 3.61. The van der Waals surface area contributed by atoms with Gasteiger partial charge < -0.3 is 9.67 Å². The zero-order chi connectivity index (χ0) is 15.4. The van der Waals surface area contributed by atoms with Gasteiger partial charge in [-0.25, -0.2) is 9.78 Å². The van der Waals surface area contributed by atoms with E-state index in [2.05, 4.69) is 14.5 Å². The first-order valence-electron chi connectivity index (χ1n) is 7.94. The highest BCUT2D eigenvalue weighted by Crippen LogP contribution is 2.27. The minimum Gasteiger partial charge on any atom is -0.478 e. The third-order valence-electron chi connectivity index (χ3n) is 4.42. The van der Waals surface area contributed by atoms with Crippen LogP contribution < -0.4 is 0 Å². The molecule has 0 radical (unpaired) electrons. The molecule has 2 aromatic heterocycles. The van der Waals surface area contributed by atoms with Crippen molar-refractivity contribution < 1.29 is 9.90 Å². The number of aromatic carboxylic acids is 1. The molecule has 0 spiro atoms. The van der Waals surface area contributed by atoms with E-state index in [1.807, 2.05) is 12.5 Å². The minimum atomic E-state index is -0.944. The molecular formula is C17H21N3O2. The first kappa shape index (κ1) is 14.8. The molecule has 0 bridgehead atoms. The maximum Gasteiger partial charge on any atom is 0.335 e. The summed E-state index contributed by atoms with van der Waals surface area (Å²) in [5.41, 5.74) is 1.57. The van der Waals surface area contributed by atoms with E-state index in [9.17, 15) is 4.79 Å². The van der Waals surface area contributed by atoms with Crippen LogP contribution >= 0.6 is 0 Å². The second kappa shape index (κ2) is 6.73. The normalized spacial score (nSPS) is 15.8. The van der Waals surface area contributed by atoms with Gasteiger partial charge in [0.15, 0.2) is 0 Å². The Kier molecular flexibility index (Phi) is 4.51. The van der Waals surface area contributed by atoms with Crippen molar-refractivity contribution in [3.63, 3.8) is 0 Å². The van der Waals surface area contributed by atoms with Crippen molar-refractivity contribution in [1.82, 2.24) is 14.5 Å². The average Bonchev–Trinajstić information content (AvgIpc) is 3.03. The van der Waals surface area contributed by atoms with Crippen molar-refractivity contribution in [3.8, 4) is 11.4 Å². The minimum absolute atomic E-state index is 0.238. The predicted molar refractivity (Wildman–Crippen MR) is 83.6 cm³/mol. The van der Waals surface area contributed by atoms with Crippen molar-refractivity contribution in [1.29, 1.82) is 0 Å². The molecule has 1 aliphatic rings. The number of pyridine rings is 1. The molecular weight excluding hydrogens is 278 g/mol. The van der Waals surface area contributed by atoms with Crippen molar-refractivity contribution >= 4 is 5.97 Å². The number of aromatic nitrogens is 3. The van der Waals surface area contributed by atoms with Crippen LogP contribution in [0.1, 0.15) is 48.9 Å². The molecule has 5 nitrogen and oxygen atoms in total. The smallest absolute Gasteiger partial charge is 0.335 e. The van der Waals surface area contributed by atoms with Gasteiger partial charge in [0.1, 0.15) is 5.69 Å². The molecule has 1 saturated carbocycles. The molecule has 116 valence electrons. The Labute approximate surface area is 130 Å². The summed E-state index contributed by atoms with van der Waals surface area (Å²) < 4.78 is 2.08. The van der Waals surface area contributed by atoms with Crippen molar-refractivity contribution in [2.75, 3.05) is 0 Å². The van der Waals surface area contributed by atoms with Crippen molar-refractivity contribution in [2.24, 2.45) is 5.92 Å². The zero-order valence-corrected chi connectivity index (χ0v) is 12.6. The van der Waals surface area contributed by atoms with E-state index in [1.165, 1.54) is 50.8 Å². The largest absolute Gasteiger partial charge is 0.478 e. The molecule has 0 saturated heterocycles. The summed E-state index contributed by atoms with van der Waals surface area (Å²) in [5.74, 6) is -0.103. The van der Waals surface area contributed by atoms with Gasteiger partial charge >= 0.3 is 5.97 Å². The van der Waals surface area contributed by atoms with Crippen LogP contribution in [0.15, 0.2) is 30.9 Å². The van der Waals surface area contributed by atoms with Crippen LogP contribution in [0, 0.1) is 5.92 Å². The number of rotatable bonds is 5. The highest BCUT2D eigenvalue weighted by atomic mass is 16.4. The third-order valence-corrected chi connectivity index (χ3v) is 4.42. The Bertz CT molecular complexity index is 645. The standard InChI is InChI=1S/C17H21N3O2/c21-17(22)14-6-8-18-15(10-14)16-11-20(12-19-16)9-7-13-4-2-1-3-5-13/h6,8,10-13H,1-5,7,9H2,(H,21,22). The van der Waals surface area contributed by atoms with Gasteiger partial charge in [-0.1, -0.05) is 32.1 Å². The van der Waals surface area contributed by atoms with Crippen LogP contribution in [0.5, 0.6) is 0 Å². The van der Waals surface area contributed by atoms with Gasteiger partial charge in [0.25, 0.3) is 0 Å². The van der Waals surface area contributed by atoms with E-state index in [0.717, 1.165) is 18.2 Å². The third kappa shape index (κ3) is 3.53. The van der Waals surface area contributed by atoms with Gasteiger partial charge in [-0.2, -0.15) is 0 Å². The van der Waals surface area contributed by atoms with Crippen LogP contribution in [0.25, 0.3) is 11.4 Å². The summed E-state index contributed by atoms with van der Waals surface area (Å²) in [5, 5.41) is 9.04. The first-order valence-corrected chi connectivity index (χ1v) is 7.94. The Morgan fingerprint density at radius 2 is 2.05 bits per heavy atom. The highest BCUT2D eigenvalue weighted by Gasteiger charge is 2.13. The fraction of sp³-hybridized carbons (Fsp3) is 0.471. The number of aryl methyl sites for hydroxylation is 1. The summed E-state index contributed by atoms with van der Waals surface area (Å²) in [6.45, 7) is 0.969. The van der Waals surface area contributed by atoms with Crippen molar-refractivity contribution in [2.45, 2.75) is 45.1 Å². The van der Waals surface area contributed by atoms with Crippen LogP contribution in [0.3, 0.4) is 0 Å². The Morgan fingerprint density at radius 3 is 2.82 bits per heavy atom. The zero-order valence-electron chi connectivity index (χ0n) is 12.6. The lowest BCUT2D eigenvalue weighted by Gasteiger charge is -2.21. The maximum absolute atomic E-state index is 11.0. The van der Waals surface area contributed by atoms with E-state index in [0.29, 0.717) is 5.69 Å². The maximum atomic E-state index is 11.0. The summed E-state index contributed by atoms with van der Waals surface area (Å²) in [4.78, 5) is 19.6. The quantitative estimate of drug-likeness (QED) is 0.915. The second-order valence-electron chi connectivity index (χ2n) is 6.02. The number of carboxylic acid groups (broad SMARTS) is 1. The number of carboxylic acids is 1. The number of nitrogens with zero attached hydrogens (tertiary/aromatic N) is 3. The number of carbonyl (C=O) groups is 1. The second-order valence-corrected chi connectivity index (χ2v) is 6.02. The molecule has 0 aromatic carbocycles. The highest BCUT2D eigenvalue weighted by molar-refractivity contribution is 5.88. The molecule has 1 aliphatic carbocycles. The van der Waals surface area contributed by atoms with Crippen LogP contribution in [-0.4, -0.2) is 25.6 Å². The Morgan fingerprint density at radius 1 is 1.23 bits per heavy atom. The van der Waals surface area contributed by atoms with Gasteiger partial charge in [0.05, 0.1) is 17.6 Å². The van der Waals surface area contributed by atoms with Gasteiger partial charge in [0.2, 0.25) is 0 Å². The van der Waals surface area contributed by atoms with Gasteiger partial charge in [-0.05, 0) is 24.5 Å². The number of imidazole rings is 1.